The third kappa shape index (κ3) is 3.07. The number of aryl methyl sites for hydroxylation is 1. The van der Waals surface area contributed by atoms with E-state index in [4.69, 9.17) is 4.84 Å². The topological polar surface area (TPSA) is 46.6 Å². The highest BCUT2D eigenvalue weighted by atomic mass is 32.1. The zero-order chi connectivity index (χ0) is 18.1. The lowest BCUT2D eigenvalue weighted by Gasteiger charge is -2.31. The molecule has 1 aliphatic heterocycles. The van der Waals surface area contributed by atoms with E-state index in [1.807, 2.05) is 72.3 Å². The third-order valence-corrected chi connectivity index (χ3v) is 5.18. The van der Waals surface area contributed by atoms with E-state index in [2.05, 4.69) is 0 Å². The molecule has 2 heterocycles. The molecule has 0 saturated carbocycles. The first-order valence-electron chi connectivity index (χ1n) is 8.36. The number of carbonyl (C=O) groups is 2. The Hall–Kier alpha value is -2.76. The van der Waals surface area contributed by atoms with Crippen molar-refractivity contribution in [2.75, 3.05) is 5.06 Å². The van der Waals surface area contributed by atoms with Crippen LogP contribution in [-0.4, -0.2) is 11.7 Å². The second-order valence-corrected chi connectivity index (χ2v) is 7.01. The van der Waals surface area contributed by atoms with E-state index < -0.39 is 6.10 Å². The summed E-state index contributed by atoms with van der Waals surface area (Å²) in [6, 6.07) is 16.7. The van der Waals surface area contributed by atoms with Crippen molar-refractivity contribution >= 4 is 28.7 Å². The number of rotatable bonds is 4. The predicted molar refractivity (Wildman–Crippen MR) is 102 cm³/mol. The summed E-state index contributed by atoms with van der Waals surface area (Å²) in [5, 5.41) is 5.00. The Morgan fingerprint density at radius 2 is 1.81 bits per heavy atom. The predicted octanol–water partition coefficient (Wildman–Crippen LogP) is 4.96. The van der Waals surface area contributed by atoms with Gasteiger partial charge in [-0.25, -0.2) is 0 Å². The molecule has 1 aliphatic rings. The maximum Gasteiger partial charge on any atom is 0.283 e. The SMILES string of the molecule is Cc1ccc(C(=O)CC2ON(c3ccccc3)C(=O)c3cscc32)cc1. The Morgan fingerprint density at radius 1 is 1.08 bits per heavy atom. The van der Waals surface area contributed by atoms with Gasteiger partial charge < -0.3 is 0 Å². The van der Waals surface area contributed by atoms with Gasteiger partial charge in [0.2, 0.25) is 0 Å². The summed E-state index contributed by atoms with van der Waals surface area (Å²) in [5.74, 6) is -0.207. The summed E-state index contributed by atoms with van der Waals surface area (Å²) in [5.41, 5.74) is 3.80. The van der Waals surface area contributed by atoms with E-state index in [-0.39, 0.29) is 18.1 Å². The van der Waals surface area contributed by atoms with Gasteiger partial charge in [-0.2, -0.15) is 16.4 Å². The van der Waals surface area contributed by atoms with Gasteiger partial charge in [-0.3, -0.25) is 14.4 Å². The fraction of sp³-hybridized carbons (Fsp3) is 0.143. The Balaban J connectivity index is 1.63. The molecular weight excluding hydrogens is 346 g/mol. The minimum Gasteiger partial charge on any atom is -0.294 e. The van der Waals surface area contributed by atoms with Crippen molar-refractivity contribution in [2.45, 2.75) is 19.4 Å². The molecule has 26 heavy (non-hydrogen) atoms. The number of amides is 1. The van der Waals surface area contributed by atoms with Gasteiger partial charge in [0, 0.05) is 22.9 Å². The first-order valence-corrected chi connectivity index (χ1v) is 9.30. The summed E-state index contributed by atoms with van der Waals surface area (Å²) >= 11 is 1.45. The molecule has 0 fully saturated rings. The van der Waals surface area contributed by atoms with Crippen molar-refractivity contribution in [3.63, 3.8) is 0 Å². The summed E-state index contributed by atoms with van der Waals surface area (Å²) < 4.78 is 0. The largest absolute Gasteiger partial charge is 0.294 e. The molecule has 2 aromatic carbocycles. The molecule has 4 rings (SSSR count). The first-order chi connectivity index (χ1) is 12.6. The number of hydrogen-bond donors (Lipinski definition) is 0. The van der Waals surface area contributed by atoms with Crippen molar-refractivity contribution in [2.24, 2.45) is 0 Å². The van der Waals surface area contributed by atoms with Gasteiger partial charge in [0.25, 0.3) is 5.91 Å². The Bertz CT molecular complexity index is 947. The maximum atomic E-state index is 12.7. The highest BCUT2D eigenvalue weighted by molar-refractivity contribution is 7.08. The van der Waals surface area contributed by atoms with Crippen LogP contribution in [0, 0.1) is 6.92 Å². The molecule has 1 amide bonds. The number of para-hydroxylation sites is 1. The van der Waals surface area contributed by atoms with Crippen LogP contribution in [0.1, 0.15) is 44.4 Å². The number of hydroxylamine groups is 1. The Kier molecular flexibility index (Phi) is 4.41. The van der Waals surface area contributed by atoms with E-state index in [1.54, 1.807) is 0 Å². The van der Waals surface area contributed by atoms with Crippen LogP contribution >= 0.6 is 11.3 Å². The van der Waals surface area contributed by atoms with E-state index in [0.29, 0.717) is 16.8 Å². The van der Waals surface area contributed by atoms with Crippen LogP contribution in [0.25, 0.3) is 0 Å². The van der Waals surface area contributed by atoms with E-state index in [9.17, 15) is 9.59 Å². The van der Waals surface area contributed by atoms with Gasteiger partial charge >= 0.3 is 0 Å². The van der Waals surface area contributed by atoms with E-state index in [1.165, 1.54) is 16.4 Å². The average Bonchev–Trinajstić information content (AvgIpc) is 3.16. The third-order valence-electron chi connectivity index (χ3n) is 4.42. The monoisotopic (exact) mass is 363 g/mol. The lowest BCUT2D eigenvalue weighted by atomic mass is 9.97. The number of ketones is 1. The van der Waals surface area contributed by atoms with Crippen LogP contribution in [0.3, 0.4) is 0 Å². The van der Waals surface area contributed by atoms with Crippen LogP contribution in [0.5, 0.6) is 0 Å². The molecule has 0 radical (unpaired) electrons. The molecule has 1 aromatic heterocycles. The van der Waals surface area contributed by atoms with Crippen molar-refractivity contribution in [3.05, 3.63) is 87.6 Å². The molecule has 0 spiro atoms. The summed E-state index contributed by atoms with van der Waals surface area (Å²) in [6.45, 7) is 1.99. The lowest BCUT2D eigenvalue weighted by Crippen LogP contribution is -2.38. The van der Waals surface area contributed by atoms with E-state index >= 15 is 0 Å². The minimum atomic E-state index is -0.483. The van der Waals surface area contributed by atoms with Gasteiger partial charge in [-0.05, 0) is 24.4 Å². The van der Waals surface area contributed by atoms with E-state index in [0.717, 1.165) is 11.1 Å². The number of thiophene rings is 1. The number of benzene rings is 2. The van der Waals surface area contributed by atoms with Crippen LogP contribution in [0.4, 0.5) is 5.69 Å². The van der Waals surface area contributed by atoms with Crippen LogP contribution in [0.15, 0.2) is 65.4 Å². The number of carbonyl (C=O) groups excluding carboxylic acids is 2. The van der Waals surface area contributed by atoms with Crippen LogP contribution < -0.4 is 5.06 Å². The molecule has 5 heteroatoms. The van der Waals surface area contributed by atoms with Crippen LogP contribution in [-0.2, 0) is 4.84 Å². The molecule has 0 N–H and O–H groups in total. The standard InChI is InChI=1S/C21H17NO3S/c1-14-7-9-15(10-8-14)19(23)11-20-17-12-26-13-18(17)21(24)22(25-20)16-5-3-2-4-6-16/h2-10,12-13,20H,11H2,1H3. The average molecular weight is 363 g/mol. The normalized spacial score (nSPS) is 16.4. The molecule has 1 unspecified atom stereocenters. The summed E-state index contributed by atoms with van der Waals surface area (Å²) in [4.78, 5) is 31.4. The second-order valence-electron chi connectivity index (χ2n) is 6.26. The van der Waals surface area contributed by atoms with Gasteiger partial charge in [-0.1, -0.05) is 48.0 Å². The molecule has 0 bridgehead atoms. The lowest BCUT2D eigenvalue weighted by molar-refractivity contribution is 0.0150. The van der Waals surface area contributed by atoms with Gasteiger partial charge in [0.15, 0.2) is 5.78 Å². The Morgan fingerprint density at radius 3 is 2.54 bits per heavy atom. The fourth-order valence-corrected chi connectivity index (χ4v) is 3.85. The number of nitrogens with zero attached hydrogens (tertiary/aromatic N) is 1. The molecule has 1 atom stereocenters. The van der Waals surface area contributed by atoms with Crippen molar-refractivity contribution in [1.29, 1.82) is 0 Å². The zero-order valence-electron chi connectivity index (χ0n) is 14.2. The Labute approximate surface area is 155 Å². The molecule has 4 nitrogen and oxygen atoms in total. The number of hydrogen-bond acceptors (Lipinski definition) is 4. The van der Waals surface area contributed by atoms with Crippen LogP contribution in [0.2, 0.25) is 0 Å². The van der Waals surface area contributed by atoms with Crippen molar-refractivity contribution in [1.82, 2.24) is 0 Å². The summed E-state index contributed by atoms with van der Waals surface area (Å²) in [7, 11) is 0. The zero-order valence-corrected chi connectivity index (χ0v) is 15.0. The smallest absolute Gasteiger partial charge is 0.283 e. The maximum absolute atomic E-state index is 12.7. The molecule has 0 aliphatic carbocycles. The van der Waals surface area contributed by atoms with Gasteiger partial charge in [-0.15, -0.1) is 0 Å². The number of fused-ring (bicyclic) bond motifs is 1. The molecule has 130 valence electrons. The number of anilines is 1. The van der Waals surface area contributed by atoms with Crippen molar-refractivity contribution in [3.8, 4) is 0 Å². The summed E-state index contributed by atoms with van der Waals surface area (Å²) in [6.07, 6.45) is -0.299. The quantitative estimate of drug-likeness (QED) is 0.615. The fourth-order valence-electron chi connectivity index (χ4n) is 2.99. The van der Waals surface area contributed by atoms with Gasteiger partial charge in [0.05, 0.1) is 11.3 Å². The molecule has 0 saturated heterocycles. The van der Waals surface area contributed by atoms with Crippen molar-refractivity contribution < 1.29 is 14.4 Å². The second kappa shape index (κ2) is 6.86. The highest BCUT2D eigenvalue weighted by Gasteiger charge is 2.35. The molecular formula is C21H17NO3S. The highest BCUT2D eigenvalue weighted by Crippen LogP contribution is 2.37. The number of Topliss-reactive ketones (excluding diaryl/α,β-unsaturated/α-hetero) is 1. The van der Waals surface area contributed by atoms with Gasteiger partial charge in [0.1, 0.15) is 6.10 Å². The minimum absolute atomic E-state index is 0.00508. The molecule has 3 aromatic rings. The first kappa shape index (κ1) is 16.7.